The Balaban J connectivity index is 1.88. The van der Waals surface area contributed by atoms with Gasteiger partial charge >= 0.3 is 0 Å². The first-order valence-corrected chi connectivity index (χ1v) is 7.35. The van der Waals surface area contributed by atoms with Crippen molar-refractivity contribution in [3.05, 3.63) is 41.5 Å². The molecule has 1 atom stereocenters. The minimum Gasteiger partial charge on any atom is -0.484 e. The molecule has 1 unspecified atom stereocenters. The summed E-state index contributed by atoms with van der Waals surface area (Å²) in [5, 5.41) is 13.0. The molecule has 0 saturated carbocycles. The van der Waals surface area contributed by atoms with E-state index in [0.717, 1.165) is 5.56 Å². The number of benzene rings is 1. The van der Waals surface area contributed by atoms with Gasteiger partial charge in [0.15, 0.2) is 12.4 Å². The summed E-state index contributed by atoms with van der Waals surface area (Å²) in [6.07, 6.45) is -0.211. The van der Waals surface area contributed by atoms with Crippen LogP contribution in [0.5, 0.6) is 5.75 Å². The molecule has 0 radical (unpaired) electrons. The summed E-state index contributed by atoms with van der Waals surface area (Å²) in [4.78, 5) is 4.27. The molecule has 0 saturated heterocycles. The predicted octanol–water partition coefficient (Wildman–Crippen LogP) is 2.87. The van der Waals surface area contributed by atoms with Crippen LogP contribution in [0.25, 0.3) is 0 Å². The van der Waals surface area contributed by atoms with Crippen molar-refractivity contribution in [3.8, 4) is 5.75 Å². The summed E-state index contributed by atoms with van der Waals surface area (Å²) in [5.41, 5.74) is 0.791. The largest absolute Gasteiger partial charge is 0.484 e. The number of rotatable bonds is 8. The number of hydrogen-bond donors (Lipinski definition) is 1. The molecule has 6 heteroatoms. The van der Waals surface area contributed by atoms with Gasteiger partial charge in [0, 0.05) is 6.61 Å². The summed E-state index contributed by atoms with van der Waals surface area (Å²) in [6, 6.07) is 7.23. The first kappa shape index (κ1) is 16.5. The number of nitrogens with zero attached hydrogens (tertiary/aromatic N) is 2. The van der Waals surface area contributed by atoms with Gasteiger partial charge in [-0.1, -0.05) is 31.1 Å². The van der Waals surface area contributed by atoms with E-state index in [2.05, 4.69) is 24.0 Å². The second-order valence-corrected chi connectivity index (χ2v) is 5.51. The first-order chi connectivity index (χ1) is 10.6. The van der Waals surface area contributed by atoms with Crippen molar-refractivity contribution in [2.45, 2.75) is 40.1 Å². The molecule has 0 aliphatic rings. The van der Waals surface area contributed by atoms with E-state index in [1.165, 1.54) is 0 Å². The van der Waals surface area contributed by atoms with Gasteiger partial charge in [-0.3, -0.25) is 0 Å². The van der Waals surface area contributed by atoms with Crippen LogP contribution in [-0.4, -0.2) is 21.9 Å². The van der Waals surface area contributed by atoms with Crippen LogP contribution in [0.15, 0.2) is 28.8 Å². The maximum atomic E-state index is 9.09. The molecule has 0 fully saturated rings. The van der Waals surface area contributed by atoms with Crippen molar-refractivity contribution < 1.29 is 19.1 Å². The topological polar surface area (TPSA) is 77.6 Å². The van der Waals surface area contributed by atoms with Gasteiger partial charge in [0.05, 0.1) is 6.61 Å². The standard InChI is InChI=1S/C16H22N2O4/c1-11(2)9-20-12(3)16-17-15(22-18-16)10-21-14-6-4-5-13(7-14)8-19/h4-7,11-12,19H,8-10H2,1-3H3. The lowest BCUT2D eigenvalue weighted by atomic mass is 10.2. The molecule has 0 aliphatic carbocycles. The van der Waals surface area contributed by atoms with Gasteiger partial charge < -0.3 is 19.1 Å². The highest BCUT2D eigenvalue weighted by Crippen LogP contribution is 2.17. The SMILES string of the molecule is CC(C)COC(C)c1noc(COc2cccc(CO)c2)n1. The Morgan fingerprint density at radius 3 is 2.82 bits per heavy atom. The maximum absolute atomic E-state index is 9.09. The lowest BCUT2D eigenvalue weighted by Gasteiger charge is -2.10. The zero-order chi connectivity index (χ0) is 15.9. The molecule has 1 N–H and O–H groups in total. The molecule has 0 spiro atoms. The average molecular weight is 306 g/mol. The highest BCUT2D eigenvalue weighted by molar-refractivity contribution is 5.27. The third kappa shape index (κ3) is 4.82. The fraction of sp³-hybridized carbons (Fsp3) is 0.500. The average Bonchev–Trinajstić information content (AvgIpc) is 3.00. The molecule has 120 valence electrons. The van der Waals surface area contributed by atoms with E-state index >= 15 is 0 Å². The van der Waals surface area contributed by atoms with Gasteiger partial charge in [-0.2, -0.15) is 4.98 Å². The molecule has 22 heavy (non-hydrogen) atoms. The highest BCUT2D eigenvalue weighted by Gasteiger charge is 2.15. The molecule has 0 bridgehead atoms. The van der Waals surface area contributed by atoms with Crippen molar-refractivity contribution in [3.63, 3.8) is 0 Å². The van der Waals surface area contributed by atoms with E-state index in [-0.39, 0.29) is 19.3 Å². The minimum atomic E-state index is -0.211. The van der Waals surface area contributed by atoms with E-state index in [1.807, 2.05) is 25.1 Å². The lowest BCUT2D eigenvalue weighted by molar-refractivity contribution is 0.0402. The number of aliphatic hydroxyl groups excluding tert-OH is 1. The van der Waals surface area contributed by atoms with Gasteiger partial charge in [-0.15, -0.1) is 0 Å². The van der Waals surface area contributed by atoms with Crippen LogP contribution >= 0.6 is 0 Å². The summed E-state index contributed by atoms with van der Waals surface area (Å²) in [7, 11) is 0. The molecule has 0 aliphatic heterocycles. The van der Waals surface area contributed by atoms with E-state index < -0.39 is 0 Å². The fourth-order valence-electron chi connectivity index (χ4n) is 1.78. The van der Waals surface area contributed by atoms with Gasteiger partial charge in [0.25, 0.3) is 5.89 Å². The molecular weight excluding hydrogens is 284 g/mol. The molecule has 0 amide bonds. The van der Waals surface area contributed by atoms with Crippen LogP contribution in [0.2, 0.25) is 0 Å². The van der Waals surface area contributed by atoms with Crippen LogP contribution < -0.4 is 4.74 Å². The summed E-state index contributed by atoms with van der Waals surface area (Å²) in [5.74, 6) is 2.01. The Bertz CT molecular complexity index is 583. The van der Waals surface area contributed by atoms with Crippen molar-refractivity contribution in [2.24, 2.45) is 5.92 Å². The molecule has 2 rings (SSSR count). The smallest absolute Gasteiger partial charge is 0.264 e. The van der Waals surface area contributed by atoms with Crippen molar-refractivity contribution in [1.29, 1.82) is 0 Å². The second kappa shape index (κ2) is 7.91. The minimum absolute atomic E-state index is 0.0212. The van der Waals surface area contributed by atoms with Gasteiger partial charge in [0.2, 0.25) is 0 Å². The van der Waals surface area contributed by atoms with Gasteiger partial charge in [-0.05, 0) is 30.5 Å². The summed E-state index contributed by atoms with van der Waals surface area (Å²) >= 11 is 0. The maximum Gasteiger partial charge on any atom is 0.264 e. The zero-order valence-electron chi connectivity index (χ0n) is 13.2. The van der Waals surface area contributed by atoms with E-state index in [0.29, 0.717) is 30.0 Å². The summed E-state index contributed by atoms with van der Waals surface area (Å²) in [6.45, 7) is 6.87. The van der Waals surface area contributed by atoms with Crippen LogP contribution in [0.1, 0.15) is 44.2 Å². The second-order valence-electron chi connectivity index (χ2n) is 5.51. The Morgan fingerprint density at radius 2 is 2.09 bits per heavy atom. The monoisotopic (exact) mass is 306 g/mol. The number of aliphatic hydroxyl groups is 1. The van der Waals surface area contributed by atoms with Gasteiger partial charge in [0.1, 0.15) is 11.9 Å². The molecule has 2 aromatic rings. The number of ether oxygens (including phenoxy) is 2. The van der Waals surface area contributed by atoms with Gasteiger partial charge in [-0.25, -0.2) is 0 Å². The Morgan fingerprint density at radius 1 is 1.27 bits per heavy atom. The van der Waals surface area contributed by atoms with Crippen LogP contribution in [0.3, 0.4) is 0 Å². The van der Waals surface area contributed by atoms with Crippen molar-refractivity contribution >= 4 is 0 Å². The molecule has 1 heterocycles. The number of aromatic nitrogens is 2. The Hall–Kier alpha value is -1.92. The molecule has 1 aromatic carbocycles. The Labute approximate surface area is 130 Å². The normalized spacial score (nSPS) is 12.6. The van der Waals surface area contributed by atoms with Crippen LogP contribution in [0, 0.1) is 5.92 Å². The fourth-order valence-corrected chi connectivity index (χ4v) is 1.78. The summed E-state index contributed by atoms with van der Waals surface area (Å²) < 4.78 is 16.4. The van der Waals surface area contributed by atoms with Crippen molar-refractivity contribution in [2.75, 3.05) is 6.61 Å². The molecular formula is C16H22N2O4. The lowest BCUT2D eigenvalue weighted by Crippen LogP contribution is -2.07. The zero-order valence-corrected chi connectivity index (χ0v) is 13.2. The van der Waals surface area contributed by atoms with Crippen molar-refractivity contribution in [1.82, 2.24) is 10.1 Å². The third-order valence-corrected chi connectivity index (χ3v) is 2.97. The molecule has 1 aromatic heterocycles. The highest BCUT2D eigenvalue weighted by atomic mass is 16.5. The van der Waals surface area contributed by atoms with Crippen LogP contribution in [-0.2, 0) is 18.0 Å². The van der Waals surface area contributed by atoms with Crippen LogP contribution in [0.4, 0.5) is 0 Å². The Kier molecular flexibility index (Phi) is 5.91. The third-order valence-electron chi connectivity index (χ3n) is 2.97. The molecule has 6 nitrogen and oxygen atoms in total. The predicted molar refractivity (Wildman–Crippen MR) is 80.2 cm³/mol. The van der Waals surface area contributed by atoms with E-state index in [9.17, 15) is 0 Å². The van der Waals surface area contributed by atoms with E-state index in [1.54, 1.807) is 6.07 Å². The number of hydrogen-bond acceptors (Lipinski definition) is 6. The quantitative estimate of drug-likeness (QED) is 0.808. The first-order valence-electron chi connectivity index (χ1n) is 7.35. The van der Waals surface area contributed by atoms with E-state index in [4.69, 9.17) is 19.1 Å².